The quantitative estimate of drug-likeness (QED) is 0.871. The first kappa shape index (κ1) is 15.0. The molecule has 1 aliphatic heterocycles. The highest BCUT2D eigenvalue weighted by atomic mass is 32.1. The number of piperazine rings is 1. The predicted octanol–water partition coefficient (Wildman–Crippen LogP) is 2.28. The van der Waals surface area contributed by atoms with E-state index in [0.29, 0.717) is 0 Å². The van der Waals surface area contributed by atoms with Gasteiger partial charge >= 0.3 is 6.03 Å². The van der Waals surface area contributed by atoms with E-state index in [9.17, 15) is 4.79 Å². The lowest BCUT2D eigenvalue weighted by atomic mass is 10.3. The number of nitrogens with zero attached hydrogens (tertiary/aromatic N) is 5. The molecule has 2 aromatic heterocycles. The molecule has 0 N–H and O–H groups in total. The highest BCUT2D eigenvalue weighted by Gasteiger charge is 2.25. The van der Waals surface area contributed by atoms with Crippen LogP contribution in [0, 0.1) is 0 Å². The third-order valence-corrected chi connectivity index (χ3v) is 4.95. The van der Waals surface area contributed by atoms with Crippen molar-refractivity contribution in [2.24, 2.45) is 0 Å². The summed E-state index contributed by atoms with van der Waals surface area (Å²) < 4.78 is 0. The van der Waals surface area contributed by atoms with Crippen LogP contribution in [-0.2, 0) is 0 Å². The molecule has 0 saturated carbocycles. The summed E-state index contributed by atoms with van der Waals surface area (Å²) in [5.41, 5.74) is 0. The molecular weight excluding hydrogens is 298 g/mol. The first-order valence-corrected chi connectivity index (χ1v) is 8.59. The van der Waals surface area contributed by atoms with Crippen molar-refractivity contribution < 1.29 is 4.79 Å². The lowest BCUT2D eigenvalue weighted by Gasteiger charge is -2.37. The van der Waals surface area contributed by atoms with Crippen LogP contribution < -0.4 is 4.90 Å². The molecule has 2 amide bonds. The summed E-state index contributed by atoms with van der Waals surface area (Å²) in [4.78, 5) is 28.2. The van der Waals surface area contributed by atoms with E-state index in [2.05, 4.69) is 20.9 Å². The summed E-state index contributed by atoms with van der Waals surface area (Å²) in [5, 5.41) is 3.15. The van der Waals surface area contributed by atoms with Crippen LogP contribution in [0.3, 0.4) is 0 Å². The van der Waals surface area contributed by atoms with Crippen LogP contribution in [-0.4, -0.2) is 65.1 Å². The molecule has 118 valence electrons. The first-order valence-electron chi connectivity index (χ1n) is 7.71. The summed E-state index contributed by atoms with van der Waals surface area (Å²) in [6.45, 7) is 8.67. The van der Waals surface area contributed by atoms with Crippen LogP contribution in [0.5, 0.6) is 0 Å². The molecule has 0 atom stereocenters. The van der Waals surface area contributed by atoms with Crippen molar-refractivity contribution in [3.63, 3.8) is 0 Å². The first-order chi connectivity index (χ1) is 10.7. The van der Waals surface area contributed by atoms with Gasteiger partial charge in [-0.15, -0.1) is 11.3 Å². The normalized spacial score (nSPS) is 15.4. The maximum atomic E-state index is 12.4. The minimum absolute atomic E-state index is 0.146. The van der Waals surface area contributed by atoms with E-state index in [1.54, 1.807) is 17.7 Å². The van der Waals surface area contributed by atoms with Crippen LogP contribution in [0.1, 0.15) is 13.8 Å². The van der Waals surface area contributed by atoms with Crippen LogP contribution in [0.2, 0.25) is 0 Å². The van der Waals surface area contributed by atoms with Gasteiger partial charge in [-0.05, 0) is 25.3 Å². The van der Waals surface area contributed by atoms with Crippen LogP contribution in [0.4, 0.5) is 10.6 Å². The summed E-state index contributed by atoms with van der Waals surface area (Å²) >= 11 is 1.63. The van der Waals surface area contributed by atoms with Gasteiger partial charge in [0, 0.05) is 39.3 Å². The van der Waals surface area contributed by atoms with Crippen molar-refractivity contribution in [1.82, 2.24) is 19.8 Å². The van der Waals surface area contributed by atoms with Gasteiger partial charge in [0.15, 0.2) is 0 Å². The predicted molar refractivity (Wildman–Crippen MR) is 89.5 cm³/mol. The Bertz CT molecular complexity index is 646. The average molecular weight is 319 g/mol. The Morgan fingerprint density at radius 1 is 1.23 bits per heavy atom. The Morgan fingerprint density at radius 3 is 2.64 bits per heavy atom. The van der Waals surface area contributed by atoms with E-state index < -0.39 is 0 Å². The number of aromatic nitrogens is 2. The van der Waals surface area contributed by atoms with Gasteiger partial charge in [0.05, 0.1) is 5.39 Å². The van der Waals surface area contributed by atoms with E-state index in [-0.39, 0.29) is 6.03 Å². The lowest BCUT2D eigenvalue weighted by Crippen LogP contribution is -2.53. The highest BCUT2D eigenvalue weighted by molar-refractivity contribution is 7.16. The number of hydrogen-bond donors (Lipinski definition) is 0. The summed E-state index contributed by atoms with van der Waals surface area (Å²) in [6.07, 6.45) is 1.63. The Kier molecular flexibility index (Phi) is 4.42. The molecule has 3 rings (SSSR count). The molecule has 0 spiro atoms. The zero-order valence-electron chi connectivity index (χ0n) is 13.0. The number of urea groups is 1. The number of carbonyl (C=O) groups is 1. The van der Waals surface area contributed by atoms with E-state index in [0.717, 1.165) is 55.3 Å². The van der Waals surface area contributed by atoms with Crippen molar-refractivity contribution in [3.8, 4) is 0 Å². The maximum absolute atomic E-state index is 12.4. The smallest absolute Gasteiger partial charge is 0.320 e. The van der Waals surface area contributed by atoms with Gasteiger partial charge in [-0.3, -0.25) is 0 Å². The minimum Gasteiger partial charge on any atom is -0.352 e. The number of amides is 2. The molecule has 1 aliphatic rings. The largest absolute Gasteiger partial charge is 0.352 e. The molecule has 0 aromatic carbocycles. The van der Waals surface area contributed by atoms with Gasteiger partial charge in [-0.2, -0.15) is 0 Å². The molecule has 22 heavy (non-hydrogen) atoms. The molecule has 1 saturated heterocycles. The zero-order valence-corrected chi connectivity index (χ0v) is 13.8. The van der Waals surface area contributed by atoms with Gasteiger partial charge in [-0.1, -0.05) is 0 Å². The minimum atomic E-state index is 0.146. The molecule has 6 nitrogen and oxygen atoms in total. The van der Waals surface area contributed by atoms with E-state index in [4.69, 9.17) is 0 Å². The van der Waals surface area contributed by atoms with E-state index in [1.165, 1.54) is 0 Å². The molecule has 0 unspecified atom stereocenters. The Balaban J connectivity index is 1.69. The summed E-state index contributed by atoms with van der Waals surface area (Å²) in [5.74, 6) is 0.987. The molecule has 0 aliphatic carbocycles. The van der Waals surface area contributed by atoms with Crippen molar-refractivity contribution in [2.75, 3.05) is 44.2 Å². The summed E-state index contributed by atoms with van der Waals surface area (Å²) in [7, 11) is 0. The van der Waals surface area contributed by atoms with Crippen molar-refractivity contribution >= 4 is 33.4 Å². The fourth-order valence-corrected chi connectivity index (χ4v) is 3.56. The Morgan fingerprint density at radius 2 is 1.95 bits per heavy atom. The maximum Gasteiger partial charge on any atom is 0.320 e. The number of carbonyl (C=O) groups excluding carboxylic acids is 1. The van der Waals surface area contributed by atoms with E-state index >= 15 is 0 Å². The van der Waals surface area contributed by atoms with Crippen molar-refractivity contribution in [1.29, 1.82) is 0 Å². The van der Waals surface area contributed by atoms with E-state index in [1.807, 2.05) is 29.0 Å². The number of hydrogen-bond acceptors (Lipinski definition) is 5. The molecule has 2 aromatic rings. The number of thiophene rings is 1. The molecule has 0 bridgehead atoms. The van der Waals surface area contributed by atoms with Crippen molar-refractivity contribution in [2.45, 2.75) is 13.8 Å². The fraction of sp³-hybridized carbons (Fsp3) is 0.533. The Hall–Kier alpha value is -1.89. The zero-order chi connectivity index (χ0) is 15.5. The molecule has 3 heterocycles. The Labute approximate surface area is 134 Å². The van der Waals surface area contributed by atoms with Gasteiger partial charge < -0.3 is 14.7 Å². The monoisotopic (exact) mass is 319 g/mol. The van der Waals surface area contributed by atoms with Crippen LogP contribution >= 0.6 is 11.3 Å². The second-order valence-corrected chi connectivity index (χ2v) is 6.16. The molecule has 7 heteroatoms. The average Bonchev–Trinajstić information content (AvgIpc) is 3.04. The third-order valence-electron chi connectivity index (χ3n) is 4.12. The number of fused-ring (bicyclic) bond motifs is 1. The van der Waals surface area contributed by atoms with Gasteiger partial charge in [0.1, 0.15) is 17.0 Å². The second-order valence-electron chi connectivity index (χ2n) is 5.27. The van der Waals surface area contributed by atoms with Gasteiger partial charge in [0.2, 0.25) is 0 Å². The third kappa shape index (κ3) is 2.72. The highest BCUT2D eigenvalue weighted by Crippen LogP contribution is 2.27. The van der Waals surface area contributed by atoms with Crippen LogP contribution in [0.15, 0.2) is 17.8 Å². The van der Waals surface area contributed by atoms with Crippen molar-refractivity contribution in [3.05, 3.63) is 17.8 Å². The second kappa shape index (κ2) is 6.48. The SMILES string of the molecule is CCN(CC)C(=O)N1CCN(c2ncnc3sccc23)CC1. The lowest BCUT2D eigenvalue weighted by molar-refractivity contribution is 0.154. The molecule has 1 fully saturated rings. The number of rotatable bonds is 3. The summed E-state index contributed by atoms with van der Waals surface area (Å²) in [6, 6.07) is 2.22. The van der Waals surface area contributed by atoms with Gasteiger partial charge in [0.25, 0.3) is 0 Å². The van der Waals surface area contributed by atoms with Gasteiger partial charge in [-0.25, -0.2) is 14.8 Å². The number of anilines is 1. The molecular formula is C15H21N5OS. The van der Waals surface area contributed by atoms with Crippen LogP contribution in [0.25, 0.3) is 10.2 Å². The molecule has 0 radical (unpaired) electrons. The standard InChI is InChI=1S/C15H21N5OS/c1-3-18(4-2)15(21)20-8-6-19(7-9-20)13-12-5-10-22-14(12)17-11-16-13/h5,10-11H,3-4,6-9H2,1-2H3. The fourth-order valence-electron chi connectivity index (χ4n) is 2.83. The topological polar surface area (TPSA) is 52.6 Å².